The SMILES string of the molecule is CCOC(=O)/C=C(\C)NC(=O)Cn1nc(C)c2c(-c3ccccc3)ccnc21. The van der Waals surface area contributed by atoms with Crippen molar-refractivity contribution in [2.75, 3.05) is 6.61 Å². The maximum Gasteiger partial charge on any atom is 0.332 e. The number of hydrogen-bond acceptors (Lipinski definition) is 5. The summed E-state index contributed by atoms with van der Waals surface area (Å²) >= 11 is 0. The Morgan fingerprint density at radius 3 is 2.68 bits per heavy atom. The van der Waals surface area contributed by atoms with Crippen LogP contribution in [0, 0.1) is 6.92 Å². The molecule has 0 spiro atoms. The molecule has 0 fully saturated rings. The molecule has 7 heteroatoms. The average molecular weight is 378 g/mol. The number of hydrogen-bond donors (Lipinski definition) is 1. The van der Waals surface area contributed by atoms with Gasteiger partial charge in [0.25, 0.3) is 0 Å². The zero-order valence-corrected chi connectivity index (χ0v) is 16.1. The first kappa shape index (κ1) is 19.3. The number of rotatable bonds is 6. The molecule has 3 aromatic rings. The summed E-state index contributed by atoms with van der Waals surface area (Å²) in [7, 11) is 0. The van der Waals surface area contributed by atoms with E-state index < -0.39 is 5.97 Å². The lowest BCUT2D eigenvalue weighted by molar-refractivity contribution is -0.137. The van der Waals surface area contributed by atoms with Crippen LogP contribution in [0.5, 0.6) is 0 Å². The Hall–Kier alpha value is -3.48. The van der Waals surface area contributed by atoms with Crippen molar-refractivity contribution in [3.05, 3.63) is 60.1 Å². The minimum Gasteiger partial charge on any atom is -0.463 e. The van der Waals surface area contributed by atoms with Gasteiger partial charge >= 0.3 is 5.97 Å². The largest absolute Gasteiger partial charge is 0.463 e. The molecule has 3 rings (SSSR count). The molecule has 1 amide bonds. The number of nitrogens with zero attached hydrogens (tertiary/aromatic N) is 3. The molecule has 0 saturated carbocycles. The van der Waals surface area contributed by atoms with Crippen LogP contribution in [-0.4, -0.2) is 33.2 Å². The lowest BCUT2D eigenvalue weighted by Gasteiger charge is -2.07. The Kier molecular flexibility index (Phi) is 5.84. The van der Waals surface area contributed by atoms with E-state index in [4.69, 9.17) is 4.74 Å². The van der Waals surface area contributed by atoms with Crippen molar-refractivity contribution in [3.8, 4) is 11.1 Å². The van der Waals surface area contributed by atoms with E-state index in [9.17, 15) is 9.59 Å². The van der Waals surface area contributed by atoms with Gasteiger partial charge in [0.15, 0.2) is 5.65 Å². The third-order valence-corrected chi connectivity index (χ3v) is 4.14. The molecule has 144 valence electrons. The number of ether oxygens (including phenoxy) is 1. The number of pyridine rings is 1. The fourth-order valence-corrected chi connectivity index (χ4v) is 3.04. The summed E-state index contributed by atoms with van der Waals surface area (Å²) < 4.78 is 6.41. The molecule has 1 aromatic carbocycles. The van der Waals surface area contributed by atoms with Gasteiger partial charge in [0.2, 0.25) is 5.91 Å². The molecule has 0 aliphatic carbocycles. The van der Waals surface area contributed by atoms with Gasteiger partial charge < -0.3 is 10.1 Å². The molecule has 0 aliphatic rings. The molecule has 2 aromatic heterocycles. The summed E-state index contributed by atoms with van der Waals surface area (Å²) in [5, 5.41) is 8.08. The molecule has 0 atom stereocenters. The van der Waals surface area contributed by atoms with E-state index in [0.29, 0.717) is 11.3 Å². The second kappa shape index (κ2) is 8.47. The topological polar surface area (TPSA) is 86.1 Å². The summed E-state index contributed by atoms with van der Waals surface area (Å²) in [4.78, 5) is 28.3. The smallest absolute Gasteiger partial charge is 0.332 e. The van der Waals surface area contributed by atoms with Crippen LogP contribution in [0.1, 0.15) is 19.5 Å². The highest BCUT2D eigenvalue weighted by molar-refractivity contribution is 5.95. The highest BCUT2D eigenvalue weighted by atomic mass is 16.5. The molecule has 0 radical (unpaired) electrons. The van der Waals surface area contributed by atoms with Crippen molar-refractivity contribution in [1.29, 1.82) is 0 Å². The van der Waals surface area contributed by atoms with Crippen molar-refractivity contribution in [3.63, 3.8) is 0 Å². The van der Waals surface area contributed by atoms with E-state index in [1.807, 2.05) is 43.3 Å². The Morgan fingerprint density at radius 1 is 1.21 bits per heavy atom. The summed E-state index contributed by atoms with van der Waals surface area (Å²) in [6.07, 6.45) is 2.96. The van der Waals surface area contributed by atoms with Gasteiger partial charge in [-0.3, -0.25) is 4.79 Å². The van der Waals surface area contributed by atoms with E-state index in [0.717, 1.165) is 22.2 Å². The van der Waals surface area contributed by atoms with E-state index in [1.54, 1.807) is 24.7 Å². The molecule has 28 heavy (non-hydrogen) atoms. The van der Waals surface area contributed by atoms with Gasteiger partial charge in [0.1, 0.15) is 6.54 Å². The van der Waals surface area contributed by atoms with Crippen LogP contribution in [0.2, 0.25) is 0 Å². The maximum atomic E-state index is 12.4. The average Bonchev–Trinajstić information content (AvgIpc) is 2.98. The van der Waals surface area contributed by atoms with Crippen LogP contribution >= 0.6 is 0 Å². The molecule has 2 heterocycles. The number of allylic oxidation sites excluding steroid dienone is 1. The van der Waals surface area contributed by atoms with Crippen LogP contribution < -0.4 is 5.32 Å². The summed E-state index contributed by atoms with van der Waals surface area (Å²) in [6.45, 7) is 5.53. The molecule has 0 saturated heterocycles. The Morgan fingerprint density at radius 2 is 1.96 bits per heavy atom. The third-order valence-electron chi connectivity index (χ3n) is 4.14. The van der Waals surface area contributed by atoms with Gasteiger partial charge in [-0.1, -0.05) is 30.3 Å². The zero-order chi connectivity index (χ0) is 20.1. The Balaban J connectivity index is 1.85. The second-order valence-corrected chi connectivity index (χ2v) is 6.29. The van der Waals surface area contributed by atoms with Crippen molar-refractivity contribution in [2.45, 2.75) is 27.3 Å². The van der Waals surface area contributed by atoms with Gasteiger partial charge in [-0.15, -0.1) is 0 Å². The van der Waals surface area contributed by atoms with Crippen LogP contribution in [0.25, 0.3) is 22.2 Å². The van der Waals surface area contributed by atoms with E-state index >= 15 is 0 Å². The first-order valence-electron chi connectivity index (χ1n) is 9.02. The van der Waals surface area contributed by atoms with Crippen LogP contribution in [0.3, 0.4) is 0 Å². The molecule has 0 bridgehead atoms. The number of benzene rings is 1. The first-order chi connectivity index (χ1) is 13.5. The maximum absolute atomic E-state index is 12.4. The number of nitrogens with one attached hydrogen (secondary N) is 1. The fourth-order valence-electron chi connectivity index (χ4n) is 3.04. The van der Waals surface area contributed by atoms with Crippen molar-refractivity contribution in [1.82, 2.24) is 20.1 Å². The third kappa shape index (κ3) is 4.25. The highest BCUT2D eigenvalue weighted by Crippen LogP contribution is 2.29. The first-order valence-corrected chi connectivity index (χ1v) is 9.02. The van der Waals surface area contributed by atoms with Gasteiger partial charge in [0, 0.05) is 23.4 Å². The summed E-state index contributed by atoms with van der Waals surface area (Å²) in [6, 6.07) is 11.9. The van der Waals surface area contributed by atoms with Crippen LogP contribution in [0.15, 0.2) is 54.4 Å². The quantitative estimate of drug-likeness (QED) is 0.526. The molecule has 7 nitrogen and oxygen atoms in total. The number of amides is 1. The zero-order valence-electron chi connectivity index (χ0n) is 16.1. The fraction of sp³-hybridized carbons (Fsp3) is 0.238. The van der Waals surface area contributed by atoms with E-state index in [-0.39, 0.29) is 19.1 Å². The predicted molar refractivity (Wildman–Crippen MR) is 106 cm³/mol. The number of aryl methyl sites for hydroxylation is 1. The molecule has 0 aliphatic heterocycles. The van der Waals surface area contributed by atoms with Crippen molar-refractivity contribution >= 4 is 22.9 Å². The van der Waals surface area contributed by atoms with Gasteiger partial charge in [0.05, 0.1) is 12.3 Å². The number of carbonyl (C=O) groups is 2. The molecule has 0 unspecified atom stereocenters. The standard InChI is InChI=1S/C21H22N4O3/c1-4-28-19(27)12-14(2)23-18(26)13-25-21-20(15(3)24-25)17(10-11-22-21)16-8-6-5-7-9-16/h5-12H,4,13H2,1-3H3,(H,23,26)/b14-12+. The highest BCUT2D eigenvalue weighted by Gasteiger charge is 2.16. The minimum absolute atomic E-state index is 0.0103. The Bertz CT molecular complexity index is 1040. The molecule has 1 N–H and O–H groups in total. The van der Waals surface area contributed by atoms with Crippen LogP contribution in [-0.2, 0) is 20.9 Å². The van der Waals surface area contributed by atoms with E-state index in [2.05, 4.69) is 15.4 Å². The Labute approximate surface area is 163 Å². The minimum atomic E-state index is -0.491. The predicted octanol–water partition coefficient (Wildman–Crippen LogP) is 2.99. The molecular formula is C21H22N4O3. The number of fused-ring (bicyclic) bond motifs is 1. The van der Waals surface area contributed by atoms with Gasteiger partial charge in [-0.05, 0) is 38.0 Å². The van der Waals surface area contributed by atoms with Crippen LogP contribution in [0.4, 0.5) is 0 Å². The lowest BCUT2D eigenvalue weighted by atomic mass is 10.0. The van der Waals surface area contributed by atoms with Crippen molar-refractivity contribution in [2.24, 2.45) is 0 Å². The lowest BCUT2D eigenvalue weighted by Crippen LogP contribution is -2.27. The normalized spacial score (nSPS) is 11.5. The van der Waals surface area contributed by atoms with Gasteiger partial charge in [-0.25, -0.2) is 14.5 Å². The summed E-state index contributed by atoms with van der Waals surface area (Å²) in [5.41, 5.74) is 3.94. The number of aromatic nitrogens is 3. The monoisotopic (exact) mass is 378 g/mol. The van der Waals surface area contributed by atoms with E-state index in [1.165, 1.54) is 6.08 Å². The number of carbonyl (C=O) groups excluding carboxylic acids is 2. The molecular weight excluding hydrogens is 356 g/mol. The summed E-state index contributed by atoms with van der Waals surface area (Å²) in [5.74, 6) is -0.788. The van der Waals surface area contributed by atoms with Gasteiger partial charge in [-0.2, -0.15) is 5.10 Å². The van der Waals surface area contributed by atoms with Crippen molar-refractivity contribution < 1.29 is 14.3 Å². The second-order valence-electron chi connectivity index (χ2n) is 6.29. The number of esters is 1.